The number of carbonyl (C=O) groups excluding carboxylic acids is 3. The molecule has 2 aromatic carbocycles. The number of carboxylic acids is 1. The molecule has 3 aromatic rings. The first-order valence-corrected chi connectivity index (χ1v) is 12.0. The van der Waals surface area contributed by atoms with Crippen LogP contribution in [0.4, 0.5) is 10.5 Å². The number of nitrogens with zero attached hydrogens (tertiary/aromatic N) is 1. The lowest BCUT2D eigenvalue weighted by molar-refractivity contribution is -0.127. The van der Waals surface area contributed by atoms with Crippen molar-refractivity contribution in [3.8, 4) is 11.3 Å². The number of aromatic carboxylic acids is 1. The molecule has 172 valence electrons. The molecular formula is C24H18N2O6S2. The number of amides is 3. The zero-order valence-electron chi connectivity index (χ0n) is 17.8. The van der Waals surface area contributed by atoms with E-state index in [0.29, 0.717) is 22.8 Å². The standard InChI is InChI=1S/C24H18N2O6S2/c1-33-18-7-3-6-16(11-18)25-21(27)13-26-22(28)20(34-24(26)31)12-17-8-9-19(32-17)14-4-2-5-15(10-14)23(29)30/h2-12H,13H2,1H3,(H,25,27)(H,29,30)/b20-12+. The molecule has 2 N–H and O–H groups in total. The molecule has 0 spiro atoms. The highest BCUT2D eigenvalue weighted by Gasteiger charge is 2.36. The minimum absolute atomic E-state index is 0.120. The molecule has 1 fully saturated rings. The number of benzene rings is 2. The predicted molar refractivity (Wildman–Crippen MR) is 131 cm³/mol. The summed E-state index contributed by atoms with van der Waals surface area (Å²) < 4.78 is 5.72. The van der Waals surface area contributed by atoms with Gasteiger partial charge in [0.25, 0.3) is 11.1 Å². The van der Waals surface area contributed by atoms with Crippen LogP contribution in [0.25, 0.3) is 17.4 Å². The Morgan fingerprint density at radius 1 is 1.12 bits per heavy atom. The first kappa shape index (κ1) is 23.4. The van der Waals surface area contributed by atoms with Crippen molar-refractivity contribution < 1.29 is 28.7 Å². The smallest absolute Gasteiger partial charge is 0.335 e. The van der Waals surface area contributed by atoms with Crippen LogP contribution >= 0.6 is 23.5 Å². The summed E-state index contributed by atoms with van der Waals surface area (Å²) in [5.41, 5.74) is 1.26. The van der Waals surface area contributed by atoms with E-state index in [2.05, 4.69) is 5.32 Å². The lowest BCUT2D eigenvalue weighted by Gasteiger charge is -2.12. The van der Waals surface area contributed by atoms with E-state index in [1.54, 1.807) is 42.5 Å². The van der Waals surface area contributed by atoms with E-state index in [0.717, 1.165) is 21.6 Å². The lowest BCUT2D eigenvalue weighted by Crippen LogP contribution is -2.36. The number of anilines is 1. The van der Waals surface area contributed by atoms with Crippen molar-refractivity contribution in [2.45, 2.75) is 4.90 Å². The van der Waals surface area contributed by atoms with Crippen LogP contribution in [-0.4, -0.2) is 45.8 Å². The van der Waals surface area contributed by atoms with Crippen molar-refractivity contribution in [3.63, 3.8) is 0 Å². The van der Waals surface area contributed by atoms with Gasteiger partial charge in [-0.05, 0) is 60.5 Å². The van der Waals surface area contributed by atoms with Crippen LogP contribution in [-0.2, 0) is 9.59 Å². The molecule has 0 atom stereocenters. The number of nitrogens with one attached hydrogen (secondary N) is 1. The zero-order chi connectivity index (χ0) is 24.2. The molecule has 0 radical (unpaired) electrons. The second-order valence-electron chi connectivity index (χ2n) is 7.14. The molecule has 34 heavy (non-hydrogen) atoms. The van der Waals surface area contributed by atoms with Crippen molar-refractivity contribution in [1.82, 2.24) is 4.90 Å². The number of rotatable bonds is 7. The Labute approximate surface area is 203 Å². The molecule has 4 rings (SSSR count). The molecule has 1 aliphatic rings. The zero-order valence-corrected chi connectivity index (χ0v) is 19.4. The number of thioether (sulfide) groups is 2. The summed E-state index contributed by atoms with van der Waals surface area (Å²) in [4.78, 5) is 50.7. The van der Waals surface area contributed by atoms with Crippen LogP contribution < -0.4 is 5.32 Å². The third-order valence-electron chi connectivity index (χ3n) is 4.82. The van der Waals surface area contributed by atoms with E-state index in [4.69, 9.17) is 9.52 Å². The number of carbonyl (C=O) groups is 4. The summed E-state index contributed by atoms with van der Waals surface area (Å²) in [7, 11) is 0. The Balaban J connectivity index is 1.45. The number of imide groups is 1. The summed E-state index contributed by atoms with van der Waals surface area (Å²) in [5.74, 6) is -1.39. The van der Waals surface area contributed by atoms with E-state index in [1.807, 2.05) is 12.3 Å². The van der Waals surface area contributed by atoms with Gasteiger partial charge < -0.3 is 14.8 Å². The fourth-order valence-corrected chi connectivity index (χ4v) is 4.48. The maximum absolute atomic E-state index is 12.7. The van der Waals surface area contributed by atoms with Crippen LogP contribution in [0.5, 0.6) is 0 Å². The van der Waals surface area contributed by atoms with Crippen LogP contribution in [0, 0.1) is 0 Å². The Hall–Kier alpha value is -3.76. The fraction of sp³-hybridized carbons (Fsp3) is 0.0833. The van der Waals surface area contributed by atoms with Gasteiger partial charge in [-0.2, -0.15) is 0 Å². The molecule has 0 bridgehead atoms. The monoisotopic (exact) mass is 494 g/mol. The molecule has 3 amide bonds. The van der Waals surface area contributed by atoms with E-state index in [9.17, 15) is 19.2 Å². The van der Waals surface area contributed by atoms with Gasteiger partial charge in [-0.15, -0.1) is 11.8 Å². The van der Waals surface area contributed by atoms with Crippen LogP contribution in [0.2, 0.25) is 0 Å². The highest BCUT2D eigenvalue weighted by molar-refractivity contribution is 8.18. The van der Waals surface area contributed by atoms with Crippen LogP contribution in [0.15, 0.2) is 74.9 Å². The third kappa shape index (κ3) is 5.24. The SMILES string of the molecule is CSc1cccc(NC(=O)CN2C(=O)S/C(=C/c3ccc(-c4cccc(C(=O)O)c4)o3)C2=O)c1. The summed E-state index contributed by atoms with van der Waals surface area (Å²) in [5, 5.41) is 11.3. The Morgan fingerprint density at radius 3 is 2.68 bits per heavy atom. The van der Waals surface area contributed by atoms with E-state index in [-0.39, 0.29) is 10.5 Å². The molecule has 0 unspecified atom stereocenters. The van der Waals surface area contributed by atoms with Crippen molar-refractivity contribution in [1.29, 1.82) is 0 Å². The summed E-state index contributed by atoms with van der Waals surface area (Å²) in [6.45, 7) is -0.406. The average Bonchev–Trinajstić information content (AvgIpc) is 3.39. The Kier molecular flexibility index (Phi) is 6.90. The van der Waals surface area contributed by atoms with Gasteiger partial charge in [-0.25, -0.2) is 4.79 Å². The van der Waals surface area contributed by atoms with Gasteiger partial charge in [0.1, 0.15) is 18.1 Å². The third-order valence-corrected chi connectivity index (χ3v) is 6.46. The molecule has 0 saturated carbocycles. The Bertz CT molecular complexity index is 1330. The van der Waals surface area contributed by atoms with Gasteiger partial charge in [0.05, 0.1) is 10.5 Å². The topological polar surface area (TPSA) is 117 Å². The van der Waals surface area contributed by atoms with Crippen molar-refractivity contribution in [2.75, 3.05) is 18.1 Å². The van der Waals surface area contributed by atoms with Gasteiger partial charge in [-0.3, -0.25) is 19.3 Å². The molecule has 10 heteroatoms. The summed E-state index contributed by atoms with van der Waals surface area (Å²) in [6.07, 6.45) is 3.35. The van der Waals surface area contributed by atoms with Crippen LogP contribution in [0.3, 0.4) is 0 Å². The second kappa shape index (κ2) is 10.0. The largest absolute Gasteiger partial charge is 0.478 e. The average molecular weight is 495 g/mol. The fourth-order valence-electron chi connectivity index (χ4n) is 3.20. The van der Waals surface area contributed by atoms with Gasteiger partial charge in [-0.1, -0.05) is 18.2 Å². The molecule has 1 aliphatic heterocycles. The van der Waals surface area contributed by atoms with E-state index in [1.165, 1.54) is 30.0 Å². The van der Waals surface area contributed by atoms with E-state index < -0.39 is 29.6 Å². The lowest BCUT2D eigenvalue weighted by atomic mass is 10.1. The summed E-state index contributed by atoms with van der Waals surface area (Å²) >= 11 is 2.25. The van der Waals surface area contributed by atoms with Gasteiger partial charge in [0.2, 0.25) is 5.91 Å². The summed E-state index contributed by atoms with van der Waals surface area (Å²) in [6, 6.07) is 16.8. The van der Waals surface area contributed by atoms with Crippen molar-refractivity contribution >= 4 is 58.3 Å². The maximum atomic E-state index is 12.7. The first-order chi connectivity index (χ1) is 16.3. The molecular weight excluding hydrogens is 476 g/mol. The number of hydrogen-bond acceptors (Lipinski definition) is 7. The highest BCUT2D eigenvalue weighted by atomic mass is 32.2. The molecule has 8 nitrogen and oxygen atoms in total. The van der Waals surface area contributed by atoms with Crippen molar-refractivity contribution in [2.24, 2.45) is 0 Å². The highest BCUT2D eigenvalue weighted by Crippen LogP contribution is 2.33. The predicted octanol–water partition coefficient (Wildman–Crippen LogP) is 5.04. The van der Waals surface area contributed by atoms with E-state index >= 15 is 0 Å². The van der Waals surface area contributed by atoms with Gasteiger partial charge in [0.15, 0.2) is 0 Å². The molecule has 0 aliphatic carbocycles. The Morgan fingerprint density at radius 2 is 1.91 bits per heavy atom. The van der Waals surface area contributed by atoms with Gasteiger partial charge in [0, 0.05) is 22.2 Å². The maximum Gasteiger partial charge on any atom is 0.335 e. The second-order valence-corrected chi connectivity index (χ2v) is 9.01. The molecule has 1 aromatic heterocycles. The van der Waals surface area contributed by atoms with Crippen molar-refractivity contribution in [3.05, 3.63) is 76.9 Å². The minimum atomic E-state index is -1.05. The first-order valence-electron chi connectivity index (χ1n) is 9.97. The molecule has 2 heterocycles. The quantitative estimate of drug-likeness (QED) is 0.347. The number of furan rings is 1. The molecule has 1 saturated heterocycles. The normalized spacial score (nSPS) is 14.6. The van der Waals surface area contributed by atoms with Gasteiger partial charge >= 0.3 is 5.97 Å². The minimum Gasteiger partial charge on any atom is -0.478 e. The number of carboxylic acid groups (broad SMARTS) is 1. The number of hydrogen-bond donors (Lipinski definition) is 2. The van der Waals surface area contributed by atoms with Crippen LogP contribution in [0.1, 0.15) is 16.1 Å².